The molecule has 0 aliphatic rings. The Morgan fingerprint density at radius 1 is 0.944 bits per heavy atom. The largest absolute Gasteiger partial charge is 0.493 e. The molecule has 0 fully saturated rings. The molecular formula is C28H29N3O5. The van der Waals surface area contributed by atoms with E-state index in [0.717, 1.165) is 22.9 Å². The van der Waals surface area contributed by atoms with Gasteiger partial charge in [-0.3, -0.25) is 14.6 Å². The first-order valence-electron chi connectivity index (χ1n) is 11.6. The van der Waals surface area contributed by atoms with Crippen LogP contribution in [0.25, 0.3) is 10.9 Å². The number of ether oxygens (including phenoxy) is 3. The van der Waals surface area contributed by atoms with Gasteiger partial charge in [0.2, 0.25) is 5.75 Å². The molecule has 8 nitrogen and oxygen atoms in total. The molecular weight excluding hydrogens is 458 g/mol. The number of benzene rings is 2. The quantitative estimate of drug-likeness (QED) is 0.377. The van der Waals surface area contributed by atoms with E-state index < -0.39 is 0 Å². The van der Waals surface area contributed by atoms with Gasteiger partial charge >= 0.3 is 0 Å². The smallest absolute Gasteiger partial charge is 0.254 e. The van der Waals surface area contributed by atoms with Crippen molar-refractivity contribution in [2.45, 2.75) is 26.4 Å². The molecule has 0 unspecified atom stereocenters. The summed E-state index contributed by atoms with van der Waals surface area (Å²) in [6.45, 7) is 2.45. The number of nitrogens with one attached hydrogen (secondary N) is 1. The average molecular weight is 488 g/mol. The second-order valence-corrected chi connectivity index (χ2v) is 8.34. The van der Waals surface area contributed by atoms with E-state index in [1.807, 2.05) is 30.3 Å². The minimum Gasteiger partial charge on any atom is -0.493 e. The van der Waals surface area contributed by atoms with E-state index in [4.69, 9.17) is 14.2 Å². The Kier molecular flexibility index (Phi) is 7.53. The lowest BCUT2D eigenvalue weighted by atomic mass is 10.1. The van der Waals surface area contributed by atoms with E-state index in [1.54, 1.807) is 29.4 Å². The second-order valence-electron chi connectivity index (χ2n) is 8.34. The highest BCUT2D eigenvalue weighted by atomic mass is 16.5. The van der Waals surface area contributed by atoms with Gasteiger partial charge < -0.3 is 24.1 Å². The first-order valence-corrected chi connectivity index (χ1v) is 11.6. The summed E-state index contributed by atoms with van der Waals surface area (Å²) in [5.41, 5.74) is 3.36. The maximum Gasteiger partial charge on any atom is 0.254 e. The monoisotopic (exact) mass is 487 g/mol. The number of rotatable bonds is 9. The zero-order chi connectivity index (χ0) is 25.7. The number of methoxy groups -OCH3 is 3. The Labute approximate surface area is 209 Å². The molecule has 2 aromatic carbocycles. The molecule has 0 aliphatic carbocycles. The average Bonchev–Trinajstić information content (AvgIpc) is 2.92. The number of aryl methyl sites for hydroxylation is 1. The van der Waals surface area contributed by atoms with Gasteiger partial charge in [-0.25, -0.2) is 0 Å². The Hall–Kier alpha value is -4.33. The fraction of sp³-hybridized carbons (Fsp3) is 0.250. The molecule has 186 valence electrons. The number of amides is 1. The maximum atomic E-state index is 13.8. The van der Waals surface area contributed by atoms with E-state index in [9.17, 15) is 9.59 Å². The summed E-state index contributed by atoms with van der Waals surface area (Å²) >= 11 is 0. The van der Waals surface area contributed by atoms with Crippen LogP contribution in [0.5, 0.6) is 17.2 Å². The van der Waals surface area contributed by atoms with E-state index in [0.29, 0.717) is 28.4 Å². The standard InChI is InChI=1S/C28H29N3O5/c1-5-18-8-9-23-20(11-18)12-22(27(32)30-23)17-31(16-19-7-6-10-29-15-19)28(33)21-13-24(34-2)26(36-4)25(14-21)35-3/h6-15H,5,16-17H2,1-4H3,(H,30,32). The lowest BCUT2D eigenvalue weighted by Crippen LogP contribution is -2.32. The lowest BCUT2D eigenvalue weighted by molar-refractivity contribution is 0.0728. The number of aromatic amines is 1. The van der Waals surface area contributed by atoms with Crippen molar-refractivity contribution in [3.8, 4) is 17.2 Å². The number of H-pyrrole nitrogens is 1. The van der Waals surface area contributed by atoms with Gasteiger partial charge in [-0.15, -0.1) is 0 Å². The number of aromatic nitrogens is 2. The van der Waals surface area contributed by atoms with Gasteiger partial charge in [-0.1, -0.05) is 19.1 Å². The van der Waals surface area contributed by atoms with Gasteiger partial charge in [-0.2, -0.15) is 0 Å². The number of hydrogen-bond acceptors (Lipinski definition) is 6. The van der Waals surface area contributed by atoms with Gasteiger partial charge in [0.1, 0.15) is 0 Å². The minimum atomic E-state index is -0.292. The van der Waals surface area contributed by atoms with Crippen LogP contribution in [-0.2, 0) is 19.5 Å². The number of fused-ring (bicyclic) bond motifs is 1. The molecule has 0 spiro atoms. The molecule has 0 radical (unpaired) electrons. The first-order chi connectivity index (χ1) is 17.5. The predicted octanol–water partition coefficient (Wildman–Crippen LogP) is 4.35. The zero-order valence-electron chi connectivity index (χ0n) is 20.8. The maximum absolute atomic E-state index is 13.8. The van der Waals surface area contributed by atoms with Crippen LogP contribution >= 0.6 is 0 Å². The molecule has 1 N–H and O–H groups in total. The van der Waals surface area contributed by atoms with Crippen molar-refractivity contribution in [2.75, 3.05) is 21.3 Å². The number of nitrogens with zero attached hydrogens (tertiary/aromatic N) is 2. The minimum absolute atomic E-state index is 0.103. The van der Waals surface area contributed by atoms with E-state index in [2.05, 4.69) is 23.0 Å². The summed E-state index contributed by atoms with van der Waals surface area (Å²) in [6.07, 6.45) is 4.26. The second kappa shape index (κ2) is 10.9. The Morgan fingerprint density at radius 2 is 1.69 bits per heavy atom. The molecule has 2 aromatic heterocycles. The number of hydrogen-bond donors (Lipinski definition) is 1. The van der Waals surface area contributed by atoms with E-state index in [1.165, 1.54) is 26.9 Å². The normalized spacial score (nSPS) is 10.8. The van der Waals surface area contributed by atoms with Gasteiger partial charge in [0.25, 0.3) is 11.5 Å². The number of pyridine rings is 2. The Morgan fingerprint density at radius 3 is 2.31 bits per heavy atom. The molecule has 0 atom stereocenters. The van der Waals surface area contributed by atoms with Crippen LogP contribution in [0.2, 0.25) is 0 Å². The van der Waals surface area contributed by atoms with E-state index >= 15 is 0 Å². The molecule has 8 heteroatoms. The first kappa shape index (κ1) is 24.8. The van der Waals surface area contributed by atoms with Crippen LogP contribution < -0.4 is 19.8 Å². The third-order valence-electron chi connectivity index (χ3n) is 6.05. The SMILES string of the molecule is CCc1ccc2[nH]c(=O)c(CN(Cc3cccnc3)C(=O)c3cc(OC)c(OC)c(OC)c3)cc2c1. The predicted molar refractivity (Wildman–Crippen MR) is 138 cm³/mol. The van der Waals surface area contributed by atoms with Crippen LogP contribution in [0, 0.1) is 0 Å². The molecule has 0 saturated carbocycles. The van der Waals surface area contributed by atoms with Crippen molar-refractivity contribution in [3.63, 3.8) is 0 Å². The summed E-state index contributed by atoms with van der Waals surface area (Å²) in [4.78, 5) is 35.5. The highest BCUT2D eigenvalue weighted by Crippen LogP contribution is 2.38. The molecule has 0 bridgehead atoms. The van der Waals surface area contributed by atoms with Crippen LogP contribution in [0.4, 0.5) is 0 Å². The molecule has 0 saturated heterocycles. The molecule has 36 heavy (non-hydrogen) atoms. The van der Waals surface area contributed by atoms with Gasteiger partial charge in [-0.05, 0) is 59.3 Å². The third kappa shape index (κ3) is 5.17. The van der Waals surface area contributed by atoms with Crippen molar-refractivity contribution in [1.29, 1.82) is 0 Å². The topological polar surface area (TPSA) is 93.8 Å². The van der Waals surface area contributed by atoms with Crippen molar-refractivity contribution in [2.24, 2.45) is 0 Å². The summed E-state index contributed by atoms with van der Waals surface area (Å²) in [5.74, 6) is 0.849. The number of carbonyl (C=O) groups excluding carboxylic acids is 1. The molecule has 1 amide bonds. The van der Waals surface area contributed by atoms with Crippen LogP contribution in [0.1, 0.15) is 34.0 Å². The molecule has 0 aliphatic heterocycles. The van der Waals surface area contributed by atoms with Crippen molar-refractivity contribution >= 4 is 16.8 Å². The Balaban J connectivity index is 1.76. The van der Waals surface area contributed by atoms with Gasteiger partial charge in [0, 0.05) is 35.6 Å². The summed E-state index contributed by atoms with van der Waals surface area (Å²) in [7, 11) is 4.50. The van der Waals surface area contributed by atoms with Crippen molar-refractivity contribution in [1.82, 2.24) is 14.9 Å². The third-order valence-corrected chi connectivity index (χ3v) is 6.05. The fourth-order valence-electron chi connectivity index (χ4n) is 4.14. The summed E-state index contributed by atoms with van der Waals surface area (Å²) in [6, 6.07) is 14.7. The van der Waals surface area contributed by atoms with Gasteiger partial charge in [0.05, 0.1) is 27.9 Å². The van der Waals surface area contributed by atoms with Crippen molar-refractivity contribution in [3.05, 3.63) is 93.5 Å². The van der Waals surface area contributed by atoms with Crippen LogP contribution in [0.3, 0.4) is 0 Å². The molecule has 2 heterocycles. The van der Waals surface area contributed by atoms with E-state index in [-0.39, 0.29) is 24.6 Å². The number of carbonyl (C=O) groups is 1. The zero-order valence-corrected chi connectivity index (χ0v) is 20.8. The fourth-order valence-corrected chi connectivity index (χ4v) is 4.14. The van der Waals surface area contributed by atoms with Crippen molar-refractivity contribution < 1.29 is 19.0 Å². The highest BCUT2D eigenvalue weighted by molar-refractivity contribution is 5.95. The lowest BCUT2D eigenvalue weighted by Gasteiger charge is -2.24. The summed E-state index contributed by atoms with van der Waals surface area (Å²) < 4.78 is 16.3. The summed E-state index contributed by atoms with van der Waals surface area (Å²) in [5, 5.41) is 0.922. The molecule has 4 aromatic rings. The van der Waals surface area contributed by atoms with Gasteiger partial charge in [0.15, 0.2) is 11.5 Å². The highest BCUT2D eigenvalue weighted by Gasteiger charge is 2.23. The van der Waals surface area contributed by atoms with Crippen LogP contribution in [0.15, 0.2) is 65.7 Å². The van der Waals surface area contributed by atoms with Crippen LogP contribution in [-0.4, -0.2) is 42.1 Å². The molecule has 4 rings (SSSR count). The Bertz CT molecular complexity index is 1410.